The molecule has 2 aliphatic rings. The second-order valence-corrected chi connectivity index (χ2v) is 7.74. The van der Waals surface area contributed by atoms with Crippen LogP contribution in [0.25, 0.3) is 0 Å². The minimum absolute atomic E-state index is 0.00547. The van der Waals surface area contributed by atoms with Crippen molar-refractivity contribution in [1.82, 2.24) is 20.0 Å². The van der Waals surface area contributed by atoms with E-state index in [1.165, 1.54) is 0 Å². The number of aromatic nitrogens is 2. The summed E-state index contributed by atoms with van der Waals surface area (Å²) in [4.78, 5) is 28.1. The van der Waals surface area contributed by atoms with E-state index in [1.54, 1.807) is 24.1 Å². The third-order valence-electron chi connectivity index (χ3n) is 5.85. The molecule has 2 amide bonds. The Labute approximate surface area is 142 Å². The summed E-state index contributed by atoms with van der Waals surface area (Å²) in [6.45, 7) is 7.32. The Morgan fingerprint density at radius 3 is 2.54 bits per heavy atom. The molecular weight excluding hydrogens is 308 g/mol. The Morgan fingerprint density at radius 1 is 1.33 bits per heavy atom. The van der Waals surface area contributed by atoms with E-state index in [0.29, 0.717) is 31.7 Å². The lowest BCUT2D eigenvalue weighted by Crippen LogP contribution is -2.64. The number of nitrogens with one attached hydrogen (secondary N) is 1. The van der Waals surface area contributed by atoms with Gasteiger partial charge in [-0.3, -0.25) is 14.7 Å². The predicted octanol–water partition coefficient (Wildman–Crippen LogP) is 1.02. The molecule has 132 valence electrons. The Balaban J connectivity index is 1.71. The molecule has 3 heterocycles. The number of rotatable bonds is 1. The second-order valence-electron chi connectivity index (χ2n) is 7.74. The Hall–Kier alpha value is -1.89. The van der Waals surface area contributed by atoms with Gasteiger partial charge in [-0.25, -0.2) is 0 Å². The van der Waals surface area contributed by atoms with Crippen molar-refractivity contribution >= 4 is 11.8 Å². The van der Waals surface area contributed by atoms with Gasteiger partial charge in [0.05, 0.1) is 11.6 Å². The minimum atomic E-state index is -0.551. The standard InChI is InChI=1S/C17H26N4O3/c1-12(22)21-11-17(10-14(23)16(21,2)3)5-8-20(9-6-17)15(24)13-4-7-18-19-13/h4,7,14,23H,5-6,8-11H2,1-3H3,(H,18,19). The first-order valence-electron chi connectivity index (χ1n) is 8.50. The summed E-state index contributed by atoms with van der Waals surface area (Å²) in [5.41, 5.74) is -0.146. The summed E-state index contributed by atoms with van der Waals surface area (Å²) in [6, 6.07) is 1.68. The van der Waals surface area contributed by atoms with E-state index in [-0.39, 0.29) is 17.2 Å². The zero-order valence-electron chi connectivity index (χ0n) is 14.6. The second kappa shape index (κ2) is 5.88. The molecular formula is C17H26N4O3. The van der Waals surface area contributed by atoms with Gasteiger partial charge in [-0.15, -0.1) is 0 Å². The highest BCUT2D eigenvalue weighted by Gasteiger charge is 2.50. The first-order chi connectivity index (χ1) is 11.3. The number of nitrogens with zero attached hydrogens (tertiary/aromatic N) is 3. The van der Waals surface area contributed by atoms with Crippen molar-refractivity contribution in [2.45, 2.75) is 51.7 Å². The predicted molar refractivity (Wildman–Crippen MR) is 88.2 cm³/mol. The van der Waals surface area contributed by atoms with E-state index in [9.17, 15) is 14.7 Å². The Kier molecular flexibility index (Phi) is 4.15. The summed E-state index contributed by atoms with van der Waals surface area (Å²) >= 11 is 0. The number of piperidine rings is 2. The number of aliphatic hydroxyl groups is 1. The number of aromatic amines is 1. The molecule has 2 aliphatic heterocycles. The number of likely N-dealkylation sites (tertiary alicyclic amines) is 2. The topological polar surface area (TPSA) is 89.5 Å². The number of H-pyrrole nitrogens is 1. The van der Waals surface area contributed by atoms with Gasteiger partial charge in [0.2, 0.25) is 5.91 Å². The smallest absolute Gasteiger partial charge is 0.271 e. The van der Waals surface area contributed by atoms with Crippen molar-refractivity contribution < 1.29 is 14.7 Å². The first kappa shape index (κ1) is 17.0. The van der Waals surface area contributed by atoms with Gasteiger partial charge in [0.1, 0.15) is 5.69 Å². The molecule has 0 saturated carbocycles. The third kappa shape index (κ3) is 2.81. The summed E-state index contributed by atoms with van der Waals surface area (Å²) in [5, 5.41) is 17.1. The molecule has 7 nitrogen and oxygen atoms in total. The molecule has 0 radical (unpaired) electrons. The van der Waals surface area contributed by atoms with Gasteiger partial charge in [0, 0.05) is 32.8 Å². The molecule has 24 heavy (non-hydrogen) atoms. The Bertz CT molecular complexity index is 618. The van der Waals surface area contributed by atoms with Crippen LogP contribution in [0.5, 0.6) is 0 Å². The molecule has 2 N–H and O–H groups in total. The average Bonchev–Trinajstić information content (AvgIpc) is 3.05. The molecule has 7 heteroatoms. The zero-order chi connectivity index (χ0) is 17.5. The lowest BCUT2D eigenvalue weighted by atomic mass is 9.67. The highest BCUT2D eigenvalue weighted by molar-refractivity contribution is 5.92. The lowest BCUT2D eigenvalue weighted by molar-refractivity contribution is -0.156. The van der Waals surface area contributed by atoms with Crippen molar-refractivity contribution in [3.63, 3.8) is 0 Å². The van der Waals surface area contributed by atoms with Gasteiger partial charge in [-0.2, -0.15) is 5.10 Å². The largest absolute Gasteiger partial charge is 0.391 e. The monoisotopic (exact) mass is 334 g/mol. The molecule has 1 spiro atoms. The maximum absolute atomic E-state index is 12.4. The van der Waals surface area contributed by atoms with E-state index >= 15 is 0 Å². The molecule has 3 rings (SSSR count). The fourth-order valence-corrected chi connectivity index (χ4v) is 4.05. The highest BCUT2D eigenvalue weighted by Crippen LogP contribution is 2.45. The fourth-order valence-electron chi connectivity index (χ4n) is 4.05. The van der Waals surface area contributed by atoms with Crippen LogP contribution in [0.2, 0.25) is 0 Å². The molecule has 1 aromatic rings. The number of amides is 2. The molecule has 1 atom stereocenters. The molecule has 0 bridgehead atoms. The third-order valence-corrected chi connectivity index (χ3v) is 5.85. The van der Waals surface area contributed by atoms with Crippen molar-refractivity contribution in [1.29, 1.82) is 0 Å². The first-order valence-corrected chi connectivity index (χ1v) is 8.50. The van der Waals surface area contributed by atoms with Crippen molar-refractivity contribution in [3.05, 3.63) is 18.0 Å². The quantitative estimate of drug-likeness (QED) is 0.802. The normalized spacial score (nSPS) is 25.8. The maximum Gasteiger partial charge on any atom is 0.271 e. The fraction of sp³-hybridized carbons (Fsp3) is 0.706. The summed E-state index contributed by atoms with van der Waals surface area (Å²) in [5.74, 6) is -0.0449. The number of aliphatic hydroxyl groups excluding tert-OH is 1. The van der Waals surface area contributed by atoms with Gasteiger partial charge >= 0.3 is 0 Å². The number of hydrogen-bond acceptors (Lipinski definition) is 4. The van der Waals surface area contributed by atoms with Crippen LogP contribution >= 0.6 is 0 Å². The lowest BCUT2D eigenvalue weighted by Gasteiger charge is -2.55. The van der Waals surface area contributed by atoms with Crippen LogP contribution in [-0.2, 0) is 4.79 Å². The molecule has 2 fully saturated rings. The van der Waals surface area contributed by atoms with Crippen molar-refractivity contribution in [2.24, 2.45) is 5.41 Å². The zero-order valence-corrected chi connectivity index (χ0v) is 14.6. The van der Waals surface area contributed by atoms with Crippen LogP contribution in [0.15, 0.2) is 12.3 Å². The van der Waals surface area contributed by atoms with Crippen LogP contribution < -0.4 is 0 Å². The van der Waals surface area contributed by atoms with Gasteiger partial charge in [-0.05, 0) is 44.6 Å². The van der Waals surface area contributed by atoms with Gasteiger partial charge in [-0.1, -0.05) is 0 Å². The van der Waals surface area contributed by atoms with Crippen LogP contribution in [0.4, 0.5) is 0 Å². The summed E-state index contributed by atoms with van der Waals surface area (Å²) < 4.78 is 0. The van der Waals surface area contributed by atoms with E-state index in [0.717, 1.165) is 12.8 Å². The number of carbonyl (C=O) groups is 2. The van der Waals surface area contributed by atoms with Crippen LogP contribution in [0.1, 0.15) is 50.5 Å². The minimum Gasteiger partial charge on any atom is -0.391 e. The van der Waals surface area contributed by atoms with E-state index < -0.39 is 11.6 Å². The molecule has 2 saturated heterocycles. The SMILES string of the molecule is CC(=O)N1CC2(CCN(C(=O)c3ccn[nH]3)CC2)CC(O)C1(C)C. The average molecular weight is 334 g/mol. The van der Waals surface area contributed by atoms with Crippen LogP contribution in [-0.4, -0.2) is 68.2 Å². The summed E-state index contributed by atoms with van der Waals surface area (Å²) in [6.07, 6.45) is 3.29. The molecule has 1 unspecified atom stereocenters. The van der Waals surface area contributed by atoms with Crippen LogP contribution in [0.3, 0.4) is 0 Å². The van der Waals surface area contributed by atoms with Crippen LogP contribution in [0, 0.1) is 5.41 Å². The van der Waals surface area contributed by atoms with Gasteiger partial charge in [0.15, 0.2) is 0 Å². The molecule has 0 aliphatic carbocycles. The van der Waals surface area contributed by atoms with Gasteiger partial charge in [0.25, 0.3) is 5.91 Å². The van der Waals surface area contributed by atoms with Crippen molar-refractivity contribution in [3.8, 4) is 0 Å². The molecule has 1 aromatic heterocycles. The Morgan fingerprint density at radius 2 is 2.00 bits per heavy atom. The van der Waals surface area contributed by atoms with E-state index in [1.807, 2.05) is 18.7 Å². The summed E-state index contributed by atoms with van der Waals surface area (Å²) in [7, 11) is 0. The molecule has 0 aromatic carbocycles. The maximum atomic E-state index is 12.4. The highest BCUT2D eigenvalue weighted by atomic mass is 16.3. The van der Waals surface area contributed by atoms with Gasteiger partial charge < -0.3 is 14.9 Å². The van der Waals surface area contributed by atoms with E-state index in [2.05, 4.69) is 10.2 Å². The number of carbonyl (C=O) groups excluding carboxylic acids is 2. The van der Waals surface area contributed by atoms with Crippen molar-refractivity contribution in [2.75, 3.05) is 19.6 Å². The number of hydrogen-bond donors (Lipinski definition) is 2. The van der Waals surface area contributed by atoms with E-state index in [4.69, 9.17) is 0 Å².